The fourth-order valence-corrected chi connectivity index (χ4v) is 4.71. The molecule has 1 saturated heterocycles. The first kappa shape index (κ1) is 23.2. The second-order valence-corrected chi connectivity index (χ2v) is 9.08. The second-order valence-electron chi connectivity index (χ2n) is 9.08. The lowest BCUT2D eigenvalue weighted by Gasteiger charge is -2.37. The summed E-state index contributed by atoms with van der Waals surface area (Å²) in [6.45, 7) is 4.50. The van der Waals surface area contributed by atoms with Crippen LogP contribution in [0, 0.1) is 11.7 Å². The van der Waals surface area contributed by atoms with Crippen molar-refractivity contribution in [2.75, 3.05) is 32.9 Å². The monoisotopic (exact) mass is 479 g/mol. The van der Waals surface area contributed by atoms with E-state index in [1.54, 1.807) is 24.3 Å². The number of alkyl halides is 1. The topological polar surface area (TPSA) is 62.2 Å². The zero-order valence-corrected chi connectivity index (χ0v) is 19.4. The Morgan fingerprint density at radius 2 is 1.80 bits per heavy atom. The van der Waals surface area contributed by atoms with Gasteiger partial charge in [0.2, 0.25) is 0 Å². The lowest BCUT2D eigenvalue weighted by Crippen LogP contribution is -2.49. The molecule has 2 N–H and O–H groups in total. The molecule has 3 aromatic carbocycles. The molecule has 0 amide bonds. The van der Waals surface area contributed by atoms with Gasteiger partial charge < -0.3 is 19.7 Å². The number of hydrogen-bond donors (Lipinski definition) is 2. The molecule has 5 nitrogen and oxygen atoms in total. The summed E-state index contributed by atoms with van der Waals surface area (Å²) in [5.41, 5.74) is 3.91. The van der Waals surface area contributed by atoms with Crippen molar-refractivity contribution < 1.29 is 28.5 Å². The largest absolute Gasteiger partial charge is 0.508 e. The Morgan fingerprint density at radius 1 is 1.03 bits per heavy atom. The minimum atomic E-state index is -0.707. The van der Waals surface area contributed by atoms with E-state index in [0.717, 1.165) is 41.9 Å². The molecule has 5 rings (SSSR count). The van der Waals surface area contributed by atoms with Crippen LogP contribution in [0.2, 0.25) is 0 Å². The van der Waals surface area contributed by atoms with Gasteiger partial charge in [-0.2, -0.15) is 0 Å². The number of hydrogen-bond acceptors (Lipinski definition) is 5. The Morgan fingerprint density at radius 3 is 2.51 bits per heavy atom. The van der Waals surface area contributed by atoms with Gasteiger partial charge in [0.15, 0.2) is 11.6 Å². The van der Waals surface area contributed by atoms with Gasteiger partial charge in [-0.05, 0) is 60.0 Å². The fraction of sp³-hybridized carbons (Fsp3) is 0.286. The maximum Gasteiger partial charge on any atom is 0.165 e. The maximum atomic E-state index is 14.3. The lowest BCUT2D eigenvalue weighted by atomic mass is 9.86. The van der Waals surface area contributed by atoms with Gasteiger partial charge in [0.1, 0.15) is 30.0 Å². The molecule has 0 saturated carbocycles. The van der Waals surface area contributed by atoms with E-state index in [4.69, 9.17) is 9.47 Å². The second kappa shape index (κ2) is 9.58. The molecular weight excluding hydrogens is 452 g/mol. The van der Waals surface area contributed by atoms with Crippen molar-refractivity contribution in [2.24, 2.45) is 5.92 Å². The number of allylic oxidation sites excluding steroid dienone is 1. The van der Waals surface area contributed by atoms with Crippen molar-refractivity contribution in [3.8, 4) is 23.0 Å². The van der Waals surface area contributed by atoms with E-state index >= 15 is 0 Å². The quantitative estimate of drug-likeness (QED) is 0.463. The number of nitrogens with zero attached hydrogens (tertiary/aromatic N) is 1. The molecule has 2 aliphatic heterocycles. The van der Waals surface area contributed by atoms with Crippen LogP contribution in [0.4, 0.5) is 8.78 Å². The van der Waals surface area contributed by atoms with Crippen molar-refractivity contribution in [3.05, 3.63) is 83.2 Å². The summed E-state index contributed by atoms with van der Waals surface area (Å²) in [4.78, 5) is 2.16. The molecule has 0 radical (unpaired) electrons. The van der Waals surface area contributed by atoms with Crippen LogP contribution < -0.4 is 9.47 Å². The van der Waals surface area contributed by atoms with Crippen molar-refractivity contribution in [3.63, 3.8) is 0 Å². The number of ether oxygens (including phenoxy) is 2. The minimum Gasteiger partial charge on any atom is -0.508 e. The Bertz CT molecular complexity index is 1250. The third-order valence-corrected chi connectivity index (χ3v) is 6.65. The molecule has 2 heterocycles. The first-order valence-electron chi connectivity index (χ1n) is 11.6. The molecular formula is C28H27F2NO4. The molecule has 182 valence electrons. The number of likely N-dealkylation sites (tertiary alicyclic amines) is 1. The van der Waals surface area contributed by atoms with E-state index in [0.29, 0.717) is 23.7 Å². The van der Waals surface area contributed by atoms with Crippen molar-refractivity contribution in [2.45, 2.75) is 13.0 Å². The number of benzene rings is 3. The molecule has 0 aliphatic carbocycles. The molecule has 0 aromatic heterocycles. The number of halogens is 2. The van der Waals surface area contributed by atoms with E-state index in [1.807, 2.05) is 31.2 Å². The third-order valence-electron chi connectivity index (χ3n) is 6.65. The van der Waals surface area contributed by atoms with Gasteiger partial charge in [0.05, 0.1) is 6.67 Å². The zero-order valence-electron chi connectivity index (χ0n) is 19.4. The van der Waals surface area contributed by atoms with Crippen LogP contribution in [-0.4, -0.2) is 48.0 Å². The number of fused-ring (bicyclic) bond motifs is 1. The number of rotatable bonds is 7. The van der Waals surface area contributed by atoms with E-state index in [2.05, 4.69) is 4.90 Å². The number of phenols is 2. The molecule has 35 heavy (non-hydrogen) atoms. The van der Waals surface area contributed by atoms with Gasteiger partial charge in [-0.25, -0.2) is 4.39 Å². The maximum absolute atomic E-state index is 14.3. The molecule has 0 bridgehead atoms. The highest BCUT2D eigenvalue weighted by Crippen LogP contribution is 2.47. The van der Waals surface area contributed by atoms with Crippen LogP contribution in [0.3, 0.4) is 0 Å². The highest BCUT2D eigenvalue weighted by molar-refractivity contribution is 5.95. The molecule has 7 heteroatoms. The van der Waals surface area contributed by atoms with Crippen LogP contribution in [0.1, 0.15) is 29.7 Å². The van der Waals surface area contributed by atoms with E-state index in [-0.39, 0.29) is 18.3 Å². The molecule has 0 spiro atoms. The molecule has 1 unspecified atom stereocenters. The first-order valence-corrected chi connectivity index (χ1v) is 11.6. The van der Waals surface area contributed by atoms with Crippen molar-refractivity contribution in [1.29, 1.82) is 0 Å². The predicted molar refractivity (Wildman–Crippen MR) is 130 cm³/mol. The van der Waals surface area contributed by atoms with Crippen molar-refractivity contribution in [1.82, 2.24) is 4.90 Å². The molecule has 1 fully saturated rings. The minimum absolute atomic E-state index is 0.0956. The Labute approximate surface area is 202 Å². The fourth-order valence-electron chi connectivity index (χ4n) is 4.71. The Balaban J connectivity index is 1.40. The summed E-state index contributed by atoms with van der Waals surface area (Å²) in [7, 11) is 0. The van der Waals surface area contributed by atoms with Gasteiger partial charge in [0.25, 0.3) is 0 Å². The average molecular weight is 480 g/mol. The third kappa shape index (κ3) is 4.68. The molecule has 3 aromatic rings. The average Bonchev–Trinajstić information content (AvgIpc) is 2.82. The summed E-state index contributed by atoms with van der Waals surface area (Å²) >= 11 is 0. The van der Waals surface area contributed by atoms with Gasteiger partial charge in [-0.15, -0.1) is 0 Å². The van der Waals surface area contributed by atoms with Crippen LogP contribution in [0.25, 0.3) is 11.1 Å². The molecule has 2 aliphatic rings. The Hall–Kier alpha value is -3.58. The number of aromatic hydroxyl groups is 2. The van der Waals surface area contributed by atoms with Crippen LogP contribution in [0.15, 0.2) is 60.7 Å². The summed E-state index contributed by atoms with van der Waals surface area (Å²) in [5.74, 6) is 0.384. The van der Waals surface area contributed by atoms with Crippen LogP contribution in [0.5, 0.6) is 23.0 Å². The number of phenolic OH excluding ortho intramolecular Hbond substituents is 2. The van der Waals surface area contributed by atoms with Crippen LogP contribution in [-0.2, 0) is 0 Å². The van der Waals surface area contributed by atoms with Gasteiger partial charge in [0, 0.05) is 42.8 Å². The molecule has 1 atom stereocenters. The Kier molecular flexibility index (Phi) is 6.34. The first-order chi connectivity index (χ1) is 16.9. The van der Waals surface area contributed by atoms with E-state index in [9.17, 15) is 19.0 Å². The SMILES string of the molecule is CC1=C(c2ccc(O)c(F)c2)C(c2ccc(OCCN3CC(CF)C3)cc2)Oc2cc(O)ccc21. The summed E-state index contributed by atoms with van der Waals surface area (Å²) in [6.07, 6.45) is -0.555. The van der Waals surface area contributed by atoms with Gasteiger partial charge >= 0.3 is 0 Å². The predicted octanol–water partition coefficient (Wildman–Crippen LogP) is 5.58. The summed E-state index contributed by atoms with van der Waals surface area (Å²) in [6, 6.07) is 16.8. The van der Waals surface area contributed by atoms with Crippen molar-refractivity contribution >= 4 is 11.1 Å². The summed E-state index contributed by atoms with van der Waals surface area (Å²) in [5, 5.41) is 19.7. The normalized spacial score (nSPS) is 18.1. The lowest BCUT2D eigenvalue weighted by molar-refractivity contribution is 0.0668. The van der Waals surface area contributed by atoms with E-state index in [1.165, 1.54) is 12.1 Å². The zero-order chi connectivity index (χ0) is 24.5. The standard InChI is InChI=1S/C28H27F2NO4/c1-17-23-8-5-21(32)13-26(23)35-28(27(17)20-4-9-25(33)24(30)12-20)19-2-6-22(7-3-19)34-11-10-31-15-18(14-29)16-31/h2-9,12-13,18,28,32-33H,10-11,14-16H2,1H3. The summed E-state index contributed by atoms with van der Waals surface area (Å²) < 4.78 is 39.0. The highest BCUT2D eigenvalue weighted by Gasteiger charge is 2.30. The van der Waals surface area contributed by atoms with E-state index < -0.39 is 17.7 Å². The van der Waals surface area contributed by atoms with Crippen LogP contribution >= 0.6 is 0 Å². The highest BCUT2D eigenvalue weighted by atomic mass is 19.1. The smallest absolute Gasteiger partial charge is 0.165 e. The van der Waals surface area contributed by atoms with Gasteiger partial charge in [-0.3, -0.25) is 9.29 Å². The van der Waals surface area contributed by atoms with Gasteiger partial charge in [-0.1, -0.05) is 18.2 Å².